The molecule has 0 aromatic carbocycles. The lowest BCUT2D eigenvalue weighted by atomic mass is 10.1. The maximum Gasteiger partial charge on any atom is 0.345 e. The number of aliphatic carboxylic acids is 1. The van der Waals surface area contributed by atoms with E-state index in [1.807, 2.05) is 20.8 Å². The van der Waals surface area contributed by atoms with Gasteiger partial charge in [0.05, 0.1) is 0 Å². The molecule has 0 rings (SSSR count). The Hall–Kier alpha value is -0.100. The molecule has 0 radical (unpaired) electrons. The Kier molecular flexibility index (Phi) is 5.80. The van der Waals surface area contributed by atoms with Gasteiger partial charge in [0.15, 0.2) is 0 Å². The molecular formula is C9H14Br2O4. The second kappa shape index (κ2) is 5.84. The van der Waals surface area contributed by atoms with Crippen LogP contribution in [0.4, 0.5) is 0 Å². The van der Waals surface area contributed by atoms with Crippen molar-refractivity contribution < 1.29 is 19.4 Å². The zero-order valence-corrected chi connectivity index (χ0v) is 12.0. The Morgan fingerprint density at radius 1 is 1.40 bits per heavy atom. The van der Waals surface area contributed by atoms with Gasteiger partial charge in [-0.05, 0) is 44.2 Å². The van der Waals surface area contributed by atoms with Crippen molar-refractivity contribution in [3.05, 3.63) is 0 Å². The van der Waals surface area contributed by atoms with Crippen LogP contribution in [0.2, 0.25) is 0 Å². The van der Waals surface area contributed by atoms with Crippen molar-refractivity contribution in [2.24, 2.45) is 5.92 Å². The van der Waals surface area contributed by atoms with Crippen molar-refractivity contribution >= 4 is 43.8 Å². The molecule has 1 atom stereocenters. The van der Waals surface area contributed by atoms with Crippen LogP contribution in [0.15, 0.2) is 0 Å². The van der Waals surface area contributed by atoms with E-state index in [4.69, 9.17) is 9.84 Å². The summed E-state index contributed by atoms with van der Waals surface area (Å²) in [5.41, 5.74) is 0. The number of carboxylic acid groups (broad SMARTS) is 1. The van der Waals surface area contributed by atoms with Gasteiger partial charge in [-0.3, -0.25) is 0 Å². The fraction of sp³-hybridized carbons (Fsp3) is 0.778. The van der Waals surface area contributed by atoms with E-state index in [0.717, 1.165) is 0 Å². The number of hydrogen-bond donors (Lipinski definition) is 1. The van der Waals surface area contributed by atoms with Crippen LogP contribution >= 0.6 is 31.9 Å². The fourth-order valence-corrected chi connectivity index (χ4v) is 1.18. The summed E-state index contributed by atoms with van der Waals surface area (Å²) in [7, 11) is 0. The normalized spacial score (nSPS) is 13.7. The van der Waals surface area contributed by atoms with Crippen molar-refractivity contribution in [1.82, 2.24) is 0 Å². The predicted molar refractivity (Wildman–Crippen MR) is 63.2 cm³/mol. The molecule has 0 aliphatic rings. The van der Waals surface area contributed by atoms with Gasteiger partial charge in [-0.2, -0.15) is 0 Å². The van der Waals surface area contributed by atoms with E-state index in [2.05, 4.69) is 31.9 Å². The summed E-state index contributed by atoms with van der Waals surface area (Å²) in [4.78, 5) is 22.2. The second-order valence-corrected chi connectivity index (χ2v) is 6.92. The summed E-state index contributed by atoms with van der Waals surface area (Å²) >= 11 is 5.52. The number of rotatable bonds is 5. The highest BCUT2D eigenvalue weighted by atomic mass is 79.9. The van der Waals surface area contributed by atoms with Crippen molar-refractivity contribution in [2.45, 2.75) is 36.5 Å². The number of esters is 1. The molecule has 1 unspecified atom stereocenters. The Morgan fingerprint density at radius 2 is 1.87 bits per heavy atom. The predicted octanol–water partition coefficient (Wildman–Crippen LogP) is 2.53. The number of carbonyl (C=O) groups excluding carboxylic acids is 1. The first-order valence-corrected chi connectivity index (χ1v) is 6.14. The van der Waals surface area contributed by atoms with Gasteiger partial charge in [0.1, 0.15) is 6.10 Å². The number of hydrogen-bond acceptors (Lipinski definition) is 3. The summed E-state index contributed by atoms with van der Waals surface area (Å²) in [6, 6.07) is 0. The van der Waals surface area contributed by atoms with Gasteiger partial charge in [0, 0.05) is 0 Å². The number of carboxylic acids is 1. The number of ether oxygens (including phenoxy) is 1. The third-order valence-corrected chi connectivity index (χ3v) is 3.26. The van der Waals surface area contributed by atoms with Crippen LogP contribution in [-0.4, -0.2) is 26.4 Å². The molecule has 0 aromatic rings. The van der Waals surface area contributed by atoms with Crippen LogP contribution in [0.25, 0.3) is 0 Å². The molecule has 15 heavy (non-hydrogen) atoms. The minimum Gasteiger partial charge on any atom is -0.479 e. The van der Waals surface area contributed by atoms with Gasteiger partial charge < -0.3 is 9.84 Å². The highest BCUT2D eigenvalue weighted by Crippen LogP contribution is 2.29. The van der Waals surface area contributed by atoms with Crippen LogP contribution < -0.4 is 0 Å². The third-order valence-electron chi connectivity index (χ3n) is 1.93. The van der Waals surface area contributed by atoms with Gasteiger partial charge in [0.25, 0.3) is 3.23 Å². The number of alkyl halides is 2. The molecule has 0 aliphatic heterocycles. The number of halogens is 2. The minimum absolute atomic E-state index is 0.156. The lowest BCUT2D eigenvalue weighted by Crippen LogP contribution is -2.39. The van der Waals surface area contributed by atoms with Gasteiger partial charge in [-0.25, -0.2) is 9.59 Å². The summed E-state index contributed by atoms with van der Waals surface area (Å²) in [5.74, 6) is -2.01. The average molecular weight is 346 g/mol. The molecular weight excluding hydrogens is 332 g/mol. The van der Waals surface area contributed by atoms with Crippen LogP contribution in [0.1, 0.15) is 27.2 Å². The Morgan fingerprint density at radius 3 is 2.13 bits per heavy atom. The Labute approximate surface area is 106 Å². The van der Waals surface area contributed by atoms with Crippen LogP contribution in [0.5, 0.6) is 0 Å². The monoisotopic (exact) mass is 344 g/mol. The van der Waals surface area contributed by atoms with E-state index in [0.29, 0.717) is 6.42 Å². The van der Waals surface area contributed by atoms with E-state index in [1.54, 1.807) is 0 Å². The quantitative estimate of drug-likeness (QED) is 0.472. The molecule has 0 bridgehead atoms. The molecule has 4 nitrogen and oxygen atoms in total. The number of carbonyl (C=O) groups is 2. The lowest BCUT2D eigenvalue weighted by molar-refractivity contribution is -0.156. The van der Waals surface area contributed by atoms with E-state index < -0.39 is 15.2 Å². The molecule has 0 heterocycles. The van der Waals surface area contributed by atoms with E-state index in [1.165, 1.54) is 0 Å². The zero-order valence-electron chi connectivity index (χ0n) is 8.79. The van der Waals surface area contributed by atoms with Gasteiger partial charge in [0.2, 0.25) is 0 Å². The van der Waals surface area contributed by atoms with E-state index >= 15 is 0 Å². The highest BCUT2D eigenvalue weighted by Gasteiger charge is 2.44. The van der Waals surface area contributed by atoms with Crippen LogP contribution in [-0.2, 0) is 14.3 Å². The van der Waals surface area contributed by atoms with E-state index in [-0.39, 0.29) is 12.0 Å². The van der Waals surface area contributed by atoms with Gasteiger partial charge in [-0.15, -0.1) is 0 Å². The molecule has 0 amide bonds. The molecule has 88 valence electrons. The van der Waals surface area contributed by atoms with Crippen molar-refractivity contribution in [3.8, 4) is 0 Å². The summed E-state index contributed by atoms with van der Waals surface area (Å²) in [6.45, 7) is 5.70. The fourth-order valence-electron chi connectivity index (χ4n) is 0.990. The van der Waals surface area contributed by atoms with Crippen molar-refractivity contribution in [1.29, 1.82) is 0 Å². The summed E-state index contributed by atoms with van der Waals surface area (Å²) in [5, 5.41) is 8.74. The minimum atomic E-state index is -1.84. The molecule has 0 aromatic heterocycles. The van der Waals surface area contributed by atoms with Crippen LogP contribution in [0.3, 0.4) is 0 Å². The van der Waals surface area contributed by atoms with E-state index in [9.17, 15) is 9.59 Å². The standard InChI is InChI=1S/C9H14Br2O4/c1-4-6(5(2)3)15-8(14)9(10,11)7(12)13/h5-6H,4H2,1-3H3,(H,12,13). The first-order valence-electron chi connectivity index (χ1n) is 4.55. The van der Waals surface area contributed by atoms with Crippen LogP contribution in [0, 0.1) is 5.92 Å². The first-order chi connectivity index (χ1) is 6.73. The van der Waals surface area contributed by atoms with Crippen molar-refractivity contribution in [3.63, 3.8) is 0 Å². The largest absolute Gasteiger partial charge is 0.479 e. The Bertz CT molecular complexity index is 250. The van der Waals surface area contributed by atoms with Gasteiger partial charge in [-0.1, -0.05) is 20.8 Å². The lowest BCUT2D eigenvalue weighted by Gasteiger charge is -2.23. The molecule has 0 saturated heterocycles. The maximum absolute atomic E-state index is 11.5. The zero-order chi connectivity index (χ0) is 12.2. The van der Waals surface area contributed by atoms with Crippen molar-refractivity contribution in [2.75, 3.05) is 0 Å². The third kappa shape index (κ3) is 4.10. The molecule has 0 spiro atoms. The molecule has 1 N–H and O–H groups in total. The molecule has 0 fully saturated rings. The molecule has 0 aliphatic carbocycles. The SMILES string of the molecule is CCC(OC(=O)C(Br)(Br)C(=O)O)C(C)C. The maximum atomic E-state index is 11.5. The highest BCUT2D eigenvalue weighted by molar-refractivity contribution is 9.26. The smallest absolute Gasteiger partial charge is 0.345 e. The topological polar surface area (TPSA) is 63.6 Å². The second-order valence-electron chi connectivity index (χ2n) is 3.48. The molecule has 6 heteroatoms. The van der Waals surface area contributed by atoms with Gasteiger partial charge >= 0.3 is 11.9 Å². The molecule has 0 saturated carbocycles. The first kappa shape index (κ1) is 14.9. The Balaban J connectivity index is 4.54. The average Bonchev–Trinajstić information content (AvgIpc) is 2.12. The summed E-state index contributed by atoms with van der Waals surface area (Å²) < 4.78 is 3.23. The summed E-state index contributed by atoms with van der Waals surface area (Å²) in [6.07, 6.45) is 0.380.